The molecule has 26 heavy (non-hydrogen) atoms. The fourth-order valence-electron chi connectivity index (χ4n) is 2.62. The van der Waals surface area contributed by atoms with E-state index in [2.05, 4.69) is 10.6 Å². The molecule has 3 N–H and O–H groups in total. The number of carbonyl (C=O) groups is 2. The van der Waals surface area contributed by atoms with Crippen molar-refractivity contribution in [2.45, 2.75) is 13.8 Å². The van der Waals surface area contributed by atoms with Crippen LogP contribution in [-0.4, -0.2) is 38.6 Å². The van der Waals surface area contributed by atoms with Gasteiger partial charge in [0.05, 0.1) is 19.3 Å². The molecule has 6 nitrogen and oxygen atoms in total. The highest BCUT2D eigenvalue weighted by molar-refractivity contribution is 5.94. The van der Waals surface area contributed by atoms with E-state index in [1.165, 1.54) is 0 Å². The van der Waals surface area contributed by atoms with Gasteiger partial charge in [-0.3, -0.25) is 9.59 Å². The third kappa shape index (κ3) is 5.60. The van der Waals surface area contributed by atoms with Gasteiger partial charge in [0.25, 0.3) is 11.8 Å². The lowest BCUT2D eigenvalue weighted by Gasteiger charge is -2.18. The molecule has 2 aromatic rings. The average Bonchev–Trinajstić information content (AvgIpc) is 2.63. The molecule has 0 saturated heterocycles. The first-order valence-corrected chi connectivity index (χ1v) is 8.65. The minimum absolute atomic E-state index is 0.110. The number of methoxy groups -OCH3 is 1. The molecule has 1 unspecified atom stereocenters. The number of rotatable bonds is 8. The topological polar surface area (TPSA) is 71.9 Å². The van der Waals surface area contributed by atoms with E-state index in [-0.39, 0.29) is 24.9 Å². The van der Waals surface area contributed by atoms with E-state index < -0.39 is 0 Å². The second-order valence-electron chi connectivity index (χ2n) is 6.07. The second kappa shape index (κ2) is 9.58. The highest BCUT2D eigenvalue weighted by atomic mass is 16.5. The number of nitrogens with one attached hydrogen (secondary N) is 3. The first kappa shape index (κ1) is 19.5. The van der Waals surface area contributed by atoms with Crippen molar-refractivity contribution in [1.29, 1.82) is 0 Å². The minimum Gasteiger partial charge on any atom is -0.495 e. The van der Waals surface area contributed by atoms with Gasteiger partial charge in [0.2, 0.25) is 0 Å². The fourth-order valence-corrected chi connectivity index (χ4v) is 2.62. The lowest BCUT2D eigenvalue weighted by atomic mass is 10.2. The zero-order chi connectivity index (χ0) is 18.9. The van der Waals surface area contributed by atoms with Crippen molar-refractivity contribution in [1.82, 2.24) is 0 Å². The minimum atomic E-state index is -0.157. The van der Waals surface area contributed by atoms with Crippen LogP contribution in [0.2, 0.25) is 0 Å². The van der Waals surface area contributed by atoms with E-state index in [0.29, 0.717) is 18.0 Å². The number of benzene rings is 2. The fraction of sp³-hybridized carbons (Fsp3) is 0.300. The van der Waals surface area contributed by atoms with Crippen molar-refractivity contribution in [2.24, 2.45) is 0 Å². The monoisotopic (exact) mass is 356 g/mol. The zero-order valence-electron chi connectivity index (χ0n) is 15.5. The third-order valence-corrected chi connectivity index (χ3v) is 4.12. The van der Waals surface area contributed by atoms with E-state index in [1.54, 1.807) is 19.2 Å². The molecule has 0 radical (unpaired) electrons. The summed E-state index contributed by atoms with van der Waals surface area (Å²) in [7, 11) is 1.56. The molecule has 2 amide bonds. The van der Waals surface area contributed by atoms with Gasteiger partial charge < -0.3 is 20.3 Å². The molecule has 0 heterocycles. The first-order valence-electron chi connectivity index (χ1n) is 8.65. The Labute approximate surface area is 154 Å². The molecule has 0 aliphatic heterocycles. The van der Waals surface area contributed by atoms with Gasteiger partial charge in [-0.1, -0.05) is 30.3 Å². The molecular formula is C20H26N3O3+. The van der Waals surface area contributed by atoms with Crippen molar-refractivity contribution >= 4 is 23.2 Å². The maximum absolute atomic E-state index is 12.3. The van der Waals surface area contributed by atoms with Crippen molar-refractivity contribution in [3.63, 3.8) is 0 Å². The Kier molecular flexibility index (Phi) is 7.17. The van der Waals surface area contributed by atoms with Gasteiger partial charge in [0, 0.05) is 5.69 Å². The Morgan fingerprint density at radius 3 is 2.04 bits per heavy atom. The molecule has 0 aromatic heterocycles. The van der Waals surface area contributed by atoms with Gasteiger partial charge >= 0.3 is 0 Å². The highest BCUT2D eigenvalue weighted by Crippen LogP contribution is 2.22. The predicted molar refractivity (Wildman–Crippen MR) is 103 cm³/mol. The Bertz CT molecular complexity index is 761. The summed E-state index contributed by atoms with van der Waals surface area (Å²) in [6.07, 6.45) is 0. The number of hydrogen-bond acceptors (Lipinski definition) is 3. The van der Waals surface area contributed by atoms with Crippen LogP contribution >= 0.6 is 0 Å². The summed E-state index contributed by atoms with van der Waals surface area (Å²) in [4.78, 5) is 25.5. The number of aryl methyl sites for hydroxylation is 1. The van der Waals surface area contributed by atoms with E-state index in [9.17, 15) is 9.59 Å². The largest absolute Gasteiger partial charge is 0.495 e. The Morgan fingerprint density at radius 1 is 0.923 bits per heavy atom. The molecule has 2 rings (SSSR count). The molecule has 0 aliphatic rings. The van der Waals surface area contributed by atoms with Crippen molar-refractivity contribution < 1.29 is 19.2 Å². The molecular weight excluding hydrogens is 330 g/mol. The van der Waals surface area contributed by atoms with Crippen molar-refractivity contribution in [3.8, 4) is 5.75 Å². The van der Waals surface area contributed by atoms with Gasteiger partial charge in [-0.05, 0) is 37.6 Å². The SMILES string of the molecule is CC[NH+](CC(=O)Nc1ccccc1C)CC(=O)Nc1ccccc1OC. The molecule has 0 fully saturated rings. The summed E-state index contributed by atoms with van der Waals surface area (Å²) in [6.45, 7) is 4.99. The summed E-state index contributed by atoms with van der Waals surface area (Å²) < 4.78 is 5.23. The molecule has 6 heteroatoms. The number of anilines is 2. The number of para-hydroxylation sites is 3. The van der Waals surface area contributed by atoms with Crippen LogP contribution in [0.25, 0.3) is 0 Å². The number of ether oxygens (including phenoxy) is 1. The predicted octanol–water partition coefficient (Wildman–Crippen LogP) is 1.49. The van der Waals surface area contributed by atoms with Crippen molar-refractivity contribution in [2.75, 3.05) is 37.4 Å². The molecule has 0 bridgehead atoms. The van der Waals surface area contributed by atoms with Crippen LogP contribution in [0.3, 0.4) is 0 Å². The van der Waals surface area contributed by atoms with E-state index in [4.69, 9.17) is 4.74 Å². The lowest BCUT2D eigenvalue weighted by molar-refractivity contribution is -0.881. The number of amides is 2. The highest BCUT2D eigenvalue weighted by Gasteiger charge is 2.18. The summed E-state index contributed by atoms with van der Waals surface area (Å²) in [6, 6.07) is 14.9. The third-order valence-electron chi connectivity index (χ3n) is 4.12. The standard InChI is InChI=1S/C20H25N3O3/c1-4-23(13-19(24)21-16-10-6-5-9-15(16)2)14-20(25)22-17-11-7-8-12-18(17)26-3/h5-12H,4,13-14H2,1-3H3,(H,21,24)(H,22,25)/p+1. The number of likely N-dealkylation sites (N-methyl/N-ethyl adjacent to an activating group) is 1. The summed E-state index contributed by atoms with van der Waals surface area (Å²) >= 11 is 0. The Balaban J connectivity index is 1.91. The average molecular weight is 356 g/mol. The number of hydrogen-bond donors (Lipinski definition) is 3. The van der Waals surface area contributed by atoms with Gasteiger partial charge in [0.1, 0.15) is 5.75 Å². The summed E-state index contributed by atoms with van der Waals surface area (Å²) in [5.41, 5.74) is 2.43. The number of quaternary nitrogens is 1. The number of carbonyl (C=O) groups excluding carboxylic acids is 2. The van der Waals surface area contributed by atoms with Gasteiger partial charge in [-0.25, -0.2) is 0 Å². The van der Waals surface area contributed by atoms with Crippen molar-refractivity contribution in [3.05, 3.63) is 54.1 Å². The molecule has 0 spiro atoms. The quantitative estimate of drug-likeness (QED) is 0.671. The van der Waals surface area contributed by atoms with Crippen LogP contribution in [0, 0.1) is 6.92 Å². The first-order chi connectivity index (χ1) is 12.5. The maximum Gasteiger partial charge on any atom is 0.279 e. The second-order valence-corrected chi connectivity index (χ2v) is 6.07. The molecule has 138 valence electrons. The van der Waals surface area contributed by atoms with E-state index >= 15 is 0 Å². The maximum atomic E-state index is 12.3. The summed E-state index contributed by atoms with van der Waals surface area (Å²) in [5.74, 6) is 0.340. The normalized spacial score (nSPS) is 11.5. The van der Waals surface area contributed by atoms with Crippen LogP contribution in [0.5, 0.6) is 5.75 Å². The molecule has 0 aliphatic carbocycles. The van der Waals surface area contributed by atoms with Gasteiger partial charge in [-0.15, -0.1) is 0 Å². The smallest absolute Gasteiger partial charge is 0.279 e. The lowest BCUT2D eigenvalue weighted by Crippen LogP contribution is -3.13. The van der Waals surface area contributed by atoms with Gasteiger partial charge in [-0.2, -0.15) is 0 Å². The molecule has 0 saturated carbocycles. The van der Waals surface area contributed by atoms with Crippen LogP contribution < -0.4 is 20.3 Å². The van der Waals surface area contributed by atoms with Crippen LogP contribution in [-0.2, 0) is 9.59 Å². The van der Waals surface area contributed by atoms with Crippen LogP contribution in [0.15, 0.2) is 48.5 Å². The van der Waals surface area contributed by atoms with Crippen LogP contribution in [0.4, 0.5) is 11.4 Å². The zero-order valence-corrected chi connectivity index (χ0v) is 15.5. The van der Waals surface area contributed by atoms with Gasteiger partial charge in [0.15, 0.2) is 13.1 Å². The summed E-state index contributed by atoms with van der Waals surface area (Å²) in [5, 5.41) is 5.75. The molecule has 1 atom stereocenters. The van der Waals surface area contributed by atoms with E-state index in [0.717, 1.165) is 16.2 Å². The Hall–Kier alpha value is -2.86. The Morgan fingerprint density at radius 2 is 1.46 bits per heavy atom. The van der Waals surface area contributed by atoms with E-state index in [1.807, 2.05) is 50.2 Å². The van der Waals surface area contributed by atoms with Crippen LogP contribution in [0.1, 0.15) is 12.5 Å². The molecule has 2 aromatic carbocycles.